The molecule has 0 atom stereocenters. The zero-order valence-electron chi connectivity index (χ0n) is 17.2. The molecule has 0 aromatic heterocycles. The molecule has 0 bridgehead atoms. The summed E-state index contributed by atoms with van der Waals surface area (Å²) in [6.45, 7) is 5.09. The van der Waals surface area contributed by atoms with Gasteiger partial charge >= 0.3 is 0 Å². The second-order valence-corrected chi connectivity index (χ2v) is 8.42. The minimum absolute atomic E-state index is 0.00442. The molecule has 162 valence electrons. The largest absolute Gasteiger partial charge is 0.497 e. The average Bonchev–Trinajstić information content (AvgIpc) is 2.63. The Kier molecular flexibility index (Phi) is 7.65. The molecule has 9 nitrogen and oxygen atoms in total. The lowest BCUT2D eigenvalue weighted by molar-refractivity contribution is -0.115. The quantitative estimate of drug-likeness (QED) is 0.557. The van der Waals surface area contributed by atoms with Gasteiger partial charge < -0.3 is 20.1 Å². The number of sulfonamides is 1. The number of carbonyl (C=O) groups is 2. The standard InChI is InChI=1S/C20H25N3O6S/c1-13(2)29-16-7-5-15(6-8-16)23-30(26,27)12-20(25)22-19-11-17(28-4)9-10-18(19)21-14(3)24/h5-11,13,23H,12H2,1-4H3,(H,21,24)(H,22,25). The number of methoxy groups -OCH3 is 1. The van der Waals surface area contributed by atoms with Gasteiger partial charge in [0.1, 0.15) is 17.3 Å². The van der Waals surface area contributed by atoms with Crippen molar-refractivity contribution < 1.29 is 27.5 Å². The number of nitrogens with one attached hydrogen (secondary N) is 3. The van der Waals surface area contributed by atoms with E-state index in [0.29, 0.717) is 22.9 Å². The number of benzene rings is 2. The van der Waals surface area contributed by atoms with Gasteiger partial charge in [-0.25, -0.2) is 8.42 Å². The zero-order valence-corrected chi connectivity index (χ0v) is 18.0. The van der Waals surface area contributed by atoms with E-state index in [1.54, 1.807) is 36.4 Å². The maximum atomic E-state index is 12.4. The van der Waals surface area contributed by atoms with Crippen molar-refractivity contribution in [3.63, 3.8) is 0 Å². The number of carbonyl (C=O) groups excluding carboxylic acids is 2. The van der Waals surface area contributed by atoms with Gasteiger partial charge in [-0.2, -0.15) is 0 Å². The third-order valence-electron chi connectivity index (χ3n) is 3.63. The Hall–Kier alpha value is -3.27. The van der Waals surface area contributed by atoms with E-state index >= 15 is 0 Å². The summed E-state index contributed by atoms with van der Waals surface area (Å²) in [5.41, 5.74) is 0.849. The van der Waals surface area contributed by atoms with E-state index in [0.717, 1.165) is 0 Å². The van der Waals surface area contributed by atoms with Crippen molar-refractivity contribution in [2.45, 2.75) is 26.9 Å². The lowest BCUT2D eigenvalue weighted by Crippen LogP contribution is -2.27. The fraction of sp³-hybridized carbons (Fsp3) is 0.300. The van der Waals surface area contributed by atoms with Crippen LogP contribution in [0.2, 0.25) is 0 Å². The van der Waals surface area contributed by atoms with E-state index in [4.69, 9.17) is 9.47 Å². The van der Waals surface area contributed by atoms with Crippen LogP contribution in [0.25, 0.3) is 0 Å². The number of amides is 2. The maximum Gasteiger partial charge on any atom is 0.241 e. The van der Waals surface area contributed by atoms with Crippen molar-refractivity contribution in [3.05, 3.63) is 42.5 Å². The third kappa shape index (κ3) is 7.28. The average molecular weight is 436 g/mol. The Morgan fingerprint density at radius 2 is 1.60 bits per heavy atom. The third-order valence-corrected chi connectivity index (χ3v) is 4.82. The summed E-state index contributed by atoms with van der Waals surface area (Å²) in [7, 11) is -2.51. The maximum absolute atomic E-state index is 12.4. The summed E-state index contributed by atoms with van der Waals surface area (Å²) in [5, 5.41) is 5.06. The lowest BCUT2D eigenvalue weighted by Gasteiger charge is -2.14. The zero-order chi connectivity index (χ0) is 22.3. The Morgan fingerprint density at radius 3 is 2.17 bits per heavy atom. The smallest absolute Gasteiger partial charge is 0.241 e. The highest BCUT2D eigenvalue weighted by molar-refractivity contribution is 7.93. The molecular formula is C20H25N3O6S. The first-order valence-corrected chi connectivity index (χ1v) is 10.8. The van der Waals surface area contributed by atoms with Crippen molar-refractivity contribution in [1.82, 2.24) is 0 Å². The minimum atomic E-state index is -3.96. The molecule has 0 radical (unpaired) electrons. The van der Waals surface area contributed by atoms with Crippen LogP contribution in [-0.2, 0) is 19.6 Å². The van der Waals surface area contributed by atoms with Gasteiger partial charge in [-0.3, -0.25) is 14.3 Å². The van der Waals surface area contributed by atoms with E-state index in [1.165, 1.54) is 20.1 Å². The summed E-state index contributed by atoms with van der Waals surface area (Å²) < 4.78 is 37.7. The second kappa shape index (κ2) is 9.97. The van der Waals surface area contributed by atoms with E-state index in [9.17, 15) is 18.0 Å². The van der Waals surface area contributed by atoms with Gasteiger partial charge in [-0.1, -0.05) is 0 Å². The summed E-state index contributed by atoms with van der Waals surface area (Å²) in [4.78, 5) is 23.7. The van der Waals surface area contributed by atoms with Gasteiger partial charge in [0.05, 0.1) is 24.6 Å². The molecule has 10 heteroatoms. The summed E-state index contributed by atoms with van der Waals surface area (Å²) in [6, 6.07) is 11.0. The molecule has 2 aromatic carbocycles. The fourth-order valence-corrected chi connectivity index (χ4v) is 3.49. The van der Waals surface area contributed by atoms with Crippen LogP contribution in [0.15, 0.2) is 42.5 Å². The summed E-state index contributed by atoms with van der Waals surface area (Å²) in [6.07, 6.45) is -0.00442. The van der Waals surface area contributed by atoms with E-state index in [2.05, 4.69) is 15.4 Å². The number of rotatable bonds is 9. The Morgan fingerprint density at radius 1 is 0.967 bits per heavy atom. The first kappa shape index (κ1) is 23.0. The molecule has 0 saturated heterocycles. The predicted octanol–water partition coefficient (Wildman–Crippen LogP) is 2.82. The van der Waals surface area contributed by atoms with Crippen LogP contribution in [0.4, 0.5) is 17.1 Å². The first-order valence-electron chi connectivity index (χ1n) is 9.10. The van der Waals surface area contributed by atoms with Crippen LogP contribution in [0.3, 0.4) is 0 Å². The van der Waals surface area contributed by atoms with Gasteiger partial charge in [0.2, 0.25) is 21.8 Å². The number of anilines is 3. The van der Waals surface area contributed by atoms with E-state index in [-0.39, 0.29) is 17.7 Å². The van der Waals surface area contributed by atoms with Crippen LogP contribution in [0.1, 0.15) is 20.8 Å². The molecule has 0 heterocycles. The minimum Gasteiger partial charge on any atom is -0.497 e. The van der Waals surface area contributed by atoms with Crippen molar-refractivity contribution in [2.24, 2.45) is 0 Å². The van der Waals surface area contributed by atoms with Gasteiger partial charge in [-0.05, 0) is 50.2 Å². The van der Waals surface area contributed by atoms with Gasteiger partial charge in [0.15, 0.2) is 0 Å². The normalized spacial score (nSPS) is 11.0. The predicted molar refractivity (Wildman–Crippen MR) is 116 cm³/mol. The Bertz CT molecular complexity index is 1000. The molecule has 3 N–H and O–H groups in total. The second-order valence-electron chi connectivity index (χ2n) is 6.69. The van der Waals surface area contributed by atoms with Crippen LogP contribution in [0, 0.1) is 0 Å². The number of ether oxygens (including phenoxy) is 2. The molecule has 0 unspecified atom stereocenters. The molecule has 2 amide bonds. The van der Waals surface area contributed by atoms with Crippen molar-refractivity contribution in [1.29, 1.82) is 0 Å². The van der Waals surface area contributed by atoms with Crippen molar-refractivity contribution in [3.8, 4) is 11.5 Å². The molecule has 0 aliphatic heterocycles. The first-order chi connectivity index (χ1) is 14.1. The van der Waals surface area contributed by atoms with Crippen molar-refractivity contribution in [2.75, 3.05) is 28.2 Å². The SMILES string of the molecule is COc1ccc(NC(C)=O)c(NC(=O)CS(=O)(=O)Nc2ccc(OC(C)C)cc2)c1. The molecular weight excluding hydrogens is 410 g/mol. The lowest BCUT2D eigenvalue weighted by atomic mass is 10.2. The number of hydrogen-bond donors (Lipinski definition) is 3. The topological polar surface area (TPSA) is 123 Å². The molecule has 0 saturated carbocycles. The van der Waals surface area contributed by atoms with E-state index < -0.39 is 21.7 Å². The van der Waals surface area contributed by atoms with Gasteiger partial charge in [-0.15, -0.1) is 0 Å². The monoisotopic (exact) mass is 435 g/mol. The van der Waals surface area contributed by atoms with Crippen LogP contribution in [0.5, 0.6) is 11.5 Å². The molecule has 0 spiro atoms. The molecule has 0 aliphatic carbocycles. The summed E-state index contributed by atoms with van der Waals surface area (Å²) in [5.74, 6) is -0.885. The Labute approximate surface area is 175 Å². The molecule has 30 heavy (non-hydrogen) atoms. The highest BCUT2D eigenvalue weighted by Gasteiger charge is 2.18. The van der Waals surface area contributed by atoms with Gasteiger partial charge in [0.25, 0.3) is 0 Å². The summed E-state index contributed by atoms with van der Waals surface area (Å²) >= 11 is 0. The Balaban J connectivity index is 2.07. The molecule has 2 rings (SSSR count). The highest BCUT2D eigenvalue weighted by Crippen LogP contribution is 2.27. The highest BCUT2D eigenvalue weighted by atomic mass is 32.2. The molecule has 2 aromatic rings. The molecule has 0 fully saturated rings. The van der Waals surface area contributed by atoms with Crippen LogP contribution in [-0.4, -0.2) is 39.2 Å². The van der Waals surface area contributed by atoms with E-state index in [1.807, 2.05) is 13.8 Å². The molecule has 0 aliphatic rings. The van der Waals surface area contributed by atoms with Crippen LogP contribution >= 0.6 is 0 Å². The van der Waals surface area contributed by atoms with Gasteiger partial charge in [0, 0.05) is 18.7 Å². The van der Waals surface area contributed by atoms with Crippen LogP contribution < -0.4 is 24.8 Å². The fourth-order valence-electron chi connectivity index (χ4n) is 2.50. The number of hydrogen-bond acceptors (Lipinski definition) is 6. The van der Waals surface area contributed by atoms with Crippen molar-refractivity contribution >= 4 is 38.9 Å².